The van der Waals surface area contributed by atoms with Gasteiger partial charge in [-0.15, -0.1) is 11.3 Å². The second-order valence-corrected chi connectivity index (χ2v) is 7.98. The fourth-order valence-electron chi connectivity index (χ4n) is 3.36. The van der Waals surface area contributed by atoms with E-state index in [2.05, 4.69) is 10.3 Å². The third-order valence-corrected chi connectivity index (χ3v) is 5.78. The number of amides is 1. The van der Waals surface area contributed by atoms with Crippen LogP contribution in [-0.2, 0) is 11.0 Å². The molecule has 4 rings (SSSR count). The van der Waals surface area contributed by atoms with Gasteiger partial charge in [0.2, 0.25) is 5.91 Å². The normalized spacial score (nSPS) is 15.7. The molecule has 0 saturated heterocycles. The van der Waals surface area contributed by atoms with Gasteiger partial charge in [0.1, 0.15) is 5.75 Å². The zero-order valence-corrected chi connectivity index (χ0v) is 16.3. The van der Waals surface area contributed by atoms with Crippen LogP contribution < -0.4 is 10.1 Å². The number of hydrogen-bond acceptors (Lipinski definition) is 4. The standard InChI is InChI=1S/C21H17F3N2O2S/c1-12-20(16-6-7-25-11-18(16)29-12)26-19(27)9-13-3-2-8-28-17-10-14(21(22,23)24)4-5-15(13)17/h4-7,9-11H,2-3,8H2,1H3,(H,26,27). The lowest BCUT2D eigenvalue weighted by Crippen LogP contribution is -2.09. The van der Waals surface area contributed by atoms with Crippen LogP contribution in [0.4, 0.5) is 18.9 Å². The molecule has 2 aromatic heterocycles. The summed E-state index contributed by atoms with van der Waals surface area (Å²) in [5.74, 6) is -0.174. The fourth-order valence-corrected chi connectivity index (χ4v) is 4.35. The second-order valence-electron chi connectivity index (χ2n) is 6.72. The fraction of sp³-hybridized carbons (Fsp3) is 0.238. The number of fused-ring (bicyclic) bond motifs is 2. The molecule has 0 spiro atoms. The summed E-state index contributed by atoms with van der Waals surface area (Å²) in [5, 5.41) is 3.82. The molecule has 1 amide bonds. The van der Waals surface area contributed by atoms with Gasteiger partial charge < -0.3 is 10.1 Å². The Labute approximate surface area is 169 Å². The van der Waals surface area contributed by atoms with Crippen molar-refractivity contribution in [1.29, 1.82) is 0 Å². The minimum Gasteiger partial charge on any atom is -0.493 e. The number of nitrogens with one attached hydrogen (secondary N) is 1. The summed E-state index contributed by atoms with van der Waals surface area (Å²) < 4.78 is 45.5. The van der Waals surface area contributed by atoms with Gasteiger partial charge in [-0.05, 0) is 43.5 Å². The van der Waals surface area contributed by atoms with Crippen molar-refractivity contribution in [3.63, 3.8) is 0 Å². The molecular formula is C21H17F3N2O2S. The van der Waals surface area contributed by atoms with Crippen molar-refractivity contribution >= 4 is 38.6 Å². The Morgan fingerprint density at radius 3 is 2.93 bits per heavy atom. The Morgan fingerprint density at radius 2 is 2.14 bits per heavy atom. The monoisotopic (exact) mass is 418 g/mol. The van der Waals surface area contributed by atoms with Gasteiger partial charge in [0.15, 0.2) is 0 Å². The molecule has 1 aromatic carbocycles. The van der Waals surface area contributed by atoms with Crippen LogP contribution in [0.15, 0.2) is 42.7 Å². The smallest absolute Gasteiger partial charge is 0.416 e. The molecule has 8 heteroatoms. The summed E-state index contributed by atoms with van der Waals surface area (Å²) >= 11 is 1.54. The van der Waals surface area contributed by atoms with E-state index in [0.29, 0.717) is 30.6 Å². The van der Waals surface area contributed by atoms with E-state index in [0.717, 1.165) is 32.8 Å². The average molecular weight is 418 g/mol. The lowest BCUT2D eigenvalue weighted by Gasteiger charge is -2.13. The quantitative estimate of drug-likeness (QED) is 0.534. The van der Waals surface area contributed by atoms with Gasteiger partial charge in [-0.1, -0.05) is 6.07 Å². The molecule has 0 saturated carbocycles. The van der Waals surface area contributed by atoms with Crippen LogP contribution in [0.1, 0.15) is 28.8 Å². The molecule has 150 valence electrons. The summed E-state index contributed by atoms with van der Waals surface area (Å²) in [6.07, 6.45) is 1.57. The van der Waals surface area contributed by atoms with Crippen molar-refractivity contribution in [3.05, 3.63) is 58.7 Å². The first-order valence-corrected chi connectivity index (χ1v) is 9.83. The minimum absolute atomic E-state index is 0.152. The number of nitrogens with zero attached hydrogens (tertiary/aromatic N) is 1. The minimum atomic E-state index is -4.45. The number of aryl methyl sites for hydroxylation is 1. The predicted molar refractivity (Wildman–Crippen MR) is 107 cm³/mol. The van der Waals surface area contributed by atoms with Gasteiger partial charge >= 0.3 is 6.18 Å². The third-order valence-electron chi connectivity index (χ3n) is 4.73. The molecule has 0 fully saturated rings. The highest BCUT2D eigenvalue weighted by Crippen LogP contribution is 2.38. The lowest BCUT2D eigenvalue weighted by atomic mass is 9.99. The van der Waals surface area contributed by atoms with Crippen LogP contribution in [0.2, 0.25) is 0 Å². The summed E-state index contributed by atoms with van der Waals surface area (Å²) in [6.45, 7) is 2.22. The van der Waals surface area contributed by atoms with Crippen LogP contribution in [0.25, 0.3) is 15.7 Å². The van der Waals surface area contributed by atoms with Gasteiger partial charge in [0, 0.05) is 34.3 Å². The summed E-state index contributed by atoms with van der Waals surface area (Å²) in [4.78, 5) is 17.8. The molecule has 0 radical (unpaired) electrons. The van der Waals surface area contributed by atoms with Gasteiger partial charge in [-0.3, -0.25) is 9.78 Å². The number of anilines is 1. The number of rotatable bonds is 2. The number of carbonyl (C=O) groups is 1. The van der Waals surface area contributed by atoms with Gasteiger partial charge in [0.05, 0.1) is 22.6 Å². The second kappa shape index (κ2) is 7.51. The third kappa shape index (κ3) is 3.98. The molecule has 3 heterocycles. The molecule has 29 heavy (non-hydrogen) atoms. The van der Waals surface area contributed by atoms with Crippen LogP contribution in [0, 0.1) is 6.92 Å². The summed E-state index contributed by atoms with van der Waals surface area (Å²) in [7, 11) is 0. The van der Waals surface area contributed by atoms with E-state index in [1.807, 2.05) is 13.0 Å². The van der Waals surface area contributed by atoms with Crippen molar-refractivity contribution in [2.24, 2.45) is 0 Å². The zero-order chi connectivity index (χ0) is 20.6. The van der Waals surface area contributed by atoms with E-state index in [1.54, 1.807) is 12.4 Å². The van der Waals surface area contributed by atoms with Crippen molar-refractivity contribution in [1.82, 2.24) is 4.98 Å². The molecule has 1 aliphatic rings. The van der Waals surface area contributed by atoms with Crippen molar-refractivity contribution in [2.75, 3.05) is 11.9 Å². The number of hydrogen-bond donors (Lipinski definition) is 1. The van der Waals surface area contributed by atoms with Gasteiger partial charge in [-0.2, -0.15) is 13.2 Å². The van der Waals surface area contributed by atoms with E-state index in [1.165, 1.54) is 23.5 Å². The van der Waals surface area contributed by atoms with Crippen molar-refractivity contribution < 1.29 is 22.7 Å². The number of alkyl halides is 3. The highest BCUT2D eigenvalue weighted by atomic mass is 32.1. The molecule has 0 bridgehead atoms. The number of ether oxygens (including phenoxy) is 1. The average Bonchev–Trinajstić information content (AvgIpc) is 2.85. The molecule has 3 aromatic rings. The Balaban J connectivity index is 1.66. The maximum absolute atomic E-state index is 13.0. The number of aromatic nitrogens is 1. The van der Waals surface area contributed by atoms with Crippen LogP contribution in [0.3, 0.4) is 0 Å². The van der Waals surface area contributed by atoms with Crippen LogP contribution in [-0.4, -0.2) is 17.5 Å². The first-order valence-electron chi connectivity index (χ1n) is 9.02. The number of allylic oxidation sites excluding steroid dienone is 1. The van der Waals surface area contributed by atoms with Crippen LogP contribution >= 0.6 is 11.3 Å². The molecule has 0 atom stereocenters. The van der Waals surface area contributed by atoms with E-state index in [-0.39, 0.29) is 11.7 Å². The molecule has 0 aliphatic carbocycles. The highest BCUT2D eigenvalue weighted by molar-refractivity contribution is 7.19. The largest absolute Gasteiger partial charge is 0.493 e. The maximum Gasteiger partial charge on any atom is 0.416 e. The summed E-state index contributed by atoms with van der Waals surface area (Å²) in [6, 6.07) is 5.23. The zero-order valence-electron chi connectivity index (χ0n) is 15.5. The number of pyridine rings is 1. The molecule has 4 nitrogen and oxygen atoms in total. The van der Waals surface area contributed by atoms with E-state index >= 15 is 0 Å². The van der Waals surface area contributed by atoms with E-state index < -0.39 is 11.7 Å². The topological polar surface area (TPSA) is 51.2 Å². The van der Waals surface area contributed by atoms with Crippen molar-refractivity contribution in [3.8, 4) is 5.75 Å². The molecule has 1 aliphatic heterocycles. The Hall–Kier alpha value is -2.87. The highest BCUT2D eigenvalue weighted by Gasteiger charge is 2.32. The number of thiophene rings is 1. The Kier molecular flexibility index (Phi) is 5.04. The first-order chi connectivity index (χ1) is 13.8. The van der Waals surface area contributed by atoms with Gasteiger partial charge in [0.25, 0.3) is 0 Å². The molecule has 1 N–H and O–H groups in total. The van der Waals surface area contributed by atoms with Crippen molar-refractivity contribution in [2.45, 2.75) is 25.9 Å². The van der Waals surface area contributed by atoms with E-state index in [9.17, 15) is 18.0 Å². The lowest BCUT2D eigenvalue weighted by molar-refractivity contribution is -0.137. The van der Waals surface area contributed by atoms with E-state index in [4.69, 9.17) is 4.74 Å². The van der Waals surface area contributed by atoms with Gasteiger partial charge in [-0.25, -0.2) is 0 Å². The predicted octanol–water partition coefficient (Wildman–Crippen LogP) is 5.82. The Morgan fingerprint density at radius 1 is 1.31 bits per heavy atom. The van der Waals surface area contributed by atoms with Crippen LogP contribution in [0.5, 0.6) is 5.75 Å². The molecule has 0 unspecified atom stereocenters. The molecular weight excluding hydrogens is 401 g/mol. The number of halogens is 3. The summed E-state index contributed by atoms with van der Waals surface area (Å²) in [5.41, 5.74) is 1.13. The number of benzene rings is 1. The maximum atomic E-state index is 13.0. The SMILES string of the molecule is Cc1sc2cnccc2c1NC(=O)C=C1CCCOc2cc(C(F)(F)F)ccc21. The first kappa shape index (κ1) is 19.4. The Bertz CT molecular complexity index is 1120. The number of carbonyl (C=O) groups excluding carboxylic acids is 1.